The van der Waals surface area contributed by atoms with Crippen LogP contribution in [0.3, 0.4) is 0 Å². The molecular formula is C21H23FN6O2. The van der Waals surface area contributed by atoms with Crippen molar-refractivity contribution in [3.8, 4) is 11.1 Å². The topological polar surface area (TPSA) is 98.3 Å². The first-order valence-corrected chi connectivity index (χ1v) is 9.75. The highest BCUT2D eigenvalue weighted by atomic mass is 19.1. The fraction of sp³-hybridized carbons (Fsp3) is 0.286. The molecular weight excluding hydrogens is 387 g/mol. The molecule has 1 aliphatic heterocycles. The number of hydrogen-bond acceptors (Lipinski definition) is 6. The van der Waals surface area contributed by atoms with Crippen LogP contribution in [0.5, 0.6) is 0 Å². The maximum absolute atomic E-state index is 13.2. The van der Waals surface area contributed by atoms with Gasteiger partial charge in [0.15, 0.2) is 5.69 Å². The number of rotatable bonds is 6. The molecule has 0 unspecified atom stereocenters. The van der Waals surface area contributed by atoms with Crippen molar-refractivity contribution in [3.63, 3.8) is 0 Å². The van der Waals surface area contributed by atoms with E-state index in [4.69, 9.17) is 10.5 Å². The number of morpholine rings is 1. The first-order chi connectivity index (χ1) is 14.6. The average molecular weight is 410 g/mol. The Morgan fingerprint density at radius 2 is 1.83 bits per heavy atom. The number of anilines is 2. The molecule has 9 heteroatoms. The smallest absolute Gasteiger partial charge is 0.277 e. The minimum atomic E-state index is -0.393. The molecule has 156 valence electrons. The van der Waals surface area contributed by atoms with Crippen LogP contribution in [0.1, 0.15) is 10.5 Å². The molecule has 1 fully saturated rings. The number of amides is 1. The minimum Gasteiger partial charge on any atom is -0.397 e. The van der Waals surface area contributed by atoms with E-state index in [0.29, 0.717) is 17.9 Å². The molecule has 2 aromatic carbocycles. The third-order valence-electron chi connectivity index (χ3n) is 5.00. The number of carbonyl (C=O) groups is 1. The molecule has 1 aliphatic rings. The second kappa shape index (κ2) is 9.02. The molecule has 0 bridgehead atoms. The zero-order valence-corrected chi connectivity index (χ0v) is 16.4. The molecule has 0 saturated carbocycles. The number of ether oxygens (including phenoxy) is 1. The van der Waals surface area contributed by atoms with Crippen molar-refractivity contribution in [2.75, 3.05) is 43.9 Å². The Bertz CT molecular complexity index is 1010. The van der Waals surface area contributed by atoms with Crippen LogP contribution < -0.4 is 11.1 Å². The molecule has 1 saturated heterocycles. The summed E-state index contributed by atoms with van der Waals surface area (Å²) < 4.78 is 20.2. The van der Waals surface area contributed by atoms with E-state index in [-0.39, 0.29) is 11.5 Å². The van der Waals surface area contributed by atoms with Gasteiger partial charge < -0.3 is 15.8 Å². The molecule has 8 nitrogen and oxygen atoms in total. The molecule has 1 aromatic heterocycles. The monoisotopic (exact) mass is 410 g/mol. The van der Waals surface area contributed by atoms with Crippen molar-refractivity contribution in [2.45, 2.75) is 6.54 Å². The summed E-state index contributed by atoms with van der Waals surface area (Å²) in [6.07, 6.45) is 1.62. The van der Waals surface area contributed by atoms with E-state index in [1.165, 1.54) is 12.1 Å². The molecule has 0 atom stereocenters. The Morgan fingerprint density at radius 3 is 2.60 bits per heavy atom. The van der Waals surface area contributed by atoms with Crippen LogP contribution in [0, 0.1) is 5.82 Å². The summed E-state index contributed by atoms with van der Waals surface area (Å²) in [6, 6.07) is 11.4. The highest BCUT2D eigenvalue weighted by molar-refractivity contribution is 6.04. The van der Waals surface area contributed by atoms with Crippen LogP contribution >= 0.6 is 0 Å². The molecule has 1 amide bonds. The Morgan fingerprint density at radius 1 is 1.10 bits per heavy atom. The van der Waals surface area contributed by atoms with Gasteiger partial charge in [0.1, 0.15) is 5.82 Å². The number of hydrogen-bond donors (Lipinski definition) is 2. The maximum Gasteiger partial charge on any atom is 0.277 e. The van der Waals surface area contributed by atoms with Gasteiger partial charge in [0.2, 0.25) is 0 Å². The summed E-state index contributed by atoms with van der Waals surface area (Å²) in [4.78, 5) is 14.9. The number of carbonyl (C=O) groups excluding carboxylic acids is 1. The highest BCUT2D eigenvalue weighted by Crippen LogP contribution is 2.27. The molecule has 0 spiro atoms. The summed E-state index contributed by atoms with van der Waals surface area (Å²) in [6.45, 7) is 4.73. The van der Waals surface area contributed by atoms with Crippen molar-refractivity contribution in [2.24, 2.45) is 0 Å². The van der Waals surface area contributed by atoms with Gasteiger partial charge in [0.25, 0.3) is 5.91 Å². The van der Waals surface area contributed by atoms with E-state index in [1.54, 1.807) is 35.1 Å². The average Bonchev–Trinajstić information content (AvgIpc) is 3.24. The Kier molecular flexibility index (Phi) is 6.01. The zero-order valence-electron chi connectivity index (χ0n) is 16.4. The first kappa shape index (κ1) is 20.0. The lowest BCUT2D eigenvalue weighted by Crippen LogP contribution is -2.38. The second-order valence-corrected chi connectivity index (χ2v) is 7.08. The van der Waals surface area contributed by atoms with Crippen molar-refractivity contribution < 1.29 is 13.9 Å². The third-order valence-corrected chi connectivity index (χ3v) is 5.00. The van der Waals surface area contributed by atoms with Crippen LogP contribution in [-0.2, 0) is 11.3 Å². The summed E-state index contributed by atoms with van der Waals surface area (Å²) >= 11 is 0. The van der Waals surface area contributed by atoms with Crippen LogP contribution in [0.25, 0.3) is 11.1 Å². The van der Waals surface area contributed by atoms with Gasteiger partial charge >= 0.3 is 0 Å². The van der Waals surface area contributed by atoms with Crippen LogP contribution in [-0.4, -0.2) is 58.6 Å². The lowest BCUT2D eigenvalue weighted by molar-refractivity contribution is 0.0359. The van der Waals surface area contributed by atoms with Gasteiger partial charge in [-0.1, -0.05) is 23.4 Å². The molecule has 2 heterocycles. The number of benzene rings is 2. The summed E-state index contributed by atoms with van der Waals surface area (Å²) in [7, 11) is 0. The minimum absolute atomic E-state index is 0.212. The van der Waals surface area contributed by atoms with Gasteiger partial charge in [-0.15, -0.1) is 5.10 Å². The van der Waals surface area contributed by atoms with Gasteiger partial charge in [-0.05, 0) is 35.4 Å². The molecule has 0 radical (unpaired) electrons. The lowest BCUT2D eigenvalue weighted by Gasteiger charge is -2.26. The Labute approximate surface area is 173 Å². The Balaban J connectivity index is 1.41. The van der Waals surface area contributed by atoms with E-state index in [9.17, 15) is 9.18 Å². The number of halogens is 1. The third kappa shape index (κ3) is 4.81. The standard InChI is InChI=1S/C21H23FN6O2/c22-17-4-1-15(2-5-17)16-3-6-18(23)19(13-16)24-21(29)20-14-28(26-25-20)8-7-27-9-11-30-12-10-27/h1-6,13-14H,7-12,23H2,(H,24,29). The molecule has 30 heavy (non-hydrogen) atoms. The summed E-state index contributed by atoms with van der Waals surface area (Å²) in [5.74, 6) is -0.699. The maximum atomic E-state index is 13.2. The summed E-state index contributed by atoms with van der Waals surface area (Å²) in [5, 5.41) is 10.8. The summed E-state index contributed by atoms with van der Waals surface area (Å²) in [5.41, 5.74) is 8.75. The number of nitrogen functional groups attached to an aromatic ring is 1. The lowest BCUT2D eigenvalue weighted by atomic mass is 10.0. The fourth-order valence-corrected chi connectivity index (χ4v) is 3.25. The first-order valence-electron chi connectivity index (χ1n) is 9.75. The zero-order chi connectivity index (χ0) is 20.9. The highest BCUT2D eigenvalue weighted by Gasteiger charge is 2.15. The molecule has 3 aromatic rings. The Hall–Kier alpha value is -3.30. The number of nitrogens with one attached hydrogen (secondary N) is 1. The van der Waals surface area contributed by atoms with Crippen LogP contribution in [0.15, 0.2) is 48.7 Å². The van der Waals surface area contributed by atoms with Crippen molar-refractivity contribution >= 4 is 17.3 Å². The quantitative estimate of drug-likeness (QED) is 0.605. The normalized spacial score (nSPS) is 14.6. The van der Waals surface area contributed by atoms with Gasteiger partial charge in [0, 0.05) is 19.6 Å². The number of nitrogens with two attached hydrogens (primary N) is 1. The molecule has 3 N–H and O–H groups in total. The van der Waals surface area contributed by atoms with Crippen LogP contribution in [0.2, 0.25) is 0 Å². The van der Waals surface area contributed by atoms with E-state index in [1.807, 2.05) is 6.07 Å². The van der Waals surface area contributed by atoms with Crippen molar-refractivity contribution in [3.05, 3.63) is 60.2 Å². The molecule has 4 rings (SSSR count). The predicted octanol–water partition coefficient (Wildman–Crippen LogP) is 2.25. The van der Waals surface area contributed by atoms with Crippen LogP contribution in [0.4, 0.5) is 15.8 Å². The fourth-order valence-electron chi connectivity index (χ4n) is 3.25. The van der Waals surface area contributed by atoms with E-state index in [2.05, 4.69) is 20.5 Å². The van der Waals surface area contributed by atoms with E-state index in [0.717, 1.165) is 44.0 Å². The van der Waals surface area contributed by atoms with E-state index < -0.39 is 5.91 Å². The second-order valence-electron chi connectivity index (χ2n) is 7.08. The van der Waals surface area contributed by atoms with Gasteiger partial charge in [-0.2, -0.15) is 0 Å². The largest absolute Gasteiger partial charge is 0.397 e. The SMILES string of the molecule is Nc1ccc(-c2ccc(F)cc2)cc1NC(=O)c1cn(CCN2CCOCC2)nn1. The molecule has 0 aliphatic carbocycles. The van der Waals surface area contributed by atoms with Gasteiger partial charge in [0.05, 0.1) is 37.3 Å². The van der Waals surface area contributed by atoms with E-state index >= 15 is 0 Å². The van der Waals surface area contributed by atoms with Gasteiger partial charge in [-0.3, -0.25) is 14.4 Å². The van der Waals surface area contributed by atoms with Gasteiger partial charge in [-0.25, -0.2) is 4.39 Å². The van der Waals surface area contributed by atoms with Crippen molar-refractivity contribution in [1.29, 1.82) is 0 Å². The predicted molar refractivity (Wildman–Crippen MR) is 111 cm³/mol. The van der Waals surface area contributed by atoms with Crippen molar-refractivity contribution in [1.82, 2.24) is 19.9 Å². The number of aromatic nitrogens is 3. The number of nitrogens with zero attached hydrogens (tertiary/aromatic N) is 4.